The van der Waals surface area contributed by atoms with Crippen molar-refractivity contribution in [2.24, 2.45) is 10.9 Å². The number of aliphatic imine (C=N–C) groups is 1. The molecule has 1 aromatic heterocycles. The molecule has 2 unspecified atom stereocenters. The van der Waals surface area contributed by atoms with E-state index in [0.717, 1.165) is 43.2 Å². The number of nitrogens with zero attached hydrogens (tertiary/aromatic N) is 3. The number of aromatic nitrogens is 1. The summed E-state index contributed by atoms with van der Waals surface area (Å²) in [6.07, 6.45) is 6.09. The lowest BCUT2D eigenvalue weighted by atomic mass is 10.1. The highest BCUT2D eigenvalue weighted by atomic mass is 32.1. The topological polar surface area (TPSA) is 73.1 Å². The average Bonchev–Trinajstić information content (AvgIpc) is 3.13. The summed E-state index contributed by atoms with van der Waals surface area (Å²) in [6, 6.07) is 2.61. The second-order valence-electron chi connectivity index (χ2n) is 5.19. The Balaban J connectivity index is 1.97. The molecule has 6 heteroatoms. The van der Waals surface area contributed by atoms with Gasteiger partial charge in [-0.15, -0.1) is 11.3 Å². The third-order valence-corrected chi connectivity index (χ3v) is 4.80. The van der Waals surface area contributed by atoms with Crippen molar-refractivity contribution in [2.45, 2.75) is 52.1 Å². The highest BCUT2D eigenvalue weighted by Gasteiger charge is 2.27. The molecule has 1 aromatic rings. The van der Waals surface area contributed by atoms with Crippen molar-refractivity contribution < 1.29 is 0 Å². The van der Waals surface area contributed by atoms with E-state index in [4.69, 9.17) is 5.26 Å². The van der Waals surface area contributed by atoms with Gasteiger partial charge in [0.25, 0.3) is 0 Å². The van der Waals surface area contributed by atoms with Gasteiger partial charge in [0.1, 0.15) is 5.01 Å². The maximum Gasteiger partial charge on any atom is 0.191 e. The fourth-order valence-electron chi connectivity index (χ4n) is 2.51. The van der Waals surface area contributed by atoms with E-state index in [0.29, 0.717) is 6.54 Å². The standard InChI is InChI=1S/C15H23N5S/c1-3-12-9-18-14(21-12)10-19-15(17-4-2)20-13-7-5-6-11(13)8-16/h9,11,13H,3-7,10H2,1-2H3,(H2,17,19,20). The largest absolute Gasteiger partial charge is 0.357 e. The lowest BCUT2D eigenvalue weighted by molar-refractivity contribution is 0.532. The summed E-state index contributed by atoms with van der Waals surface area (Å²) >= 11 is 1.71. The maximum absolute atomic E-state index is 9.16. The Morgan fingerprint density at radius 3 is 3.05 bits per heavy atom. The van der Waals surface area contributed by atoms with Crippen molar-refractivity contribution in [3.05, 3.63) is 16.1 Å². The van der Waals surface area contributed by atoms with Crippen LogP contribution in [0.1, 0.15) is 43.0 Å². The summed E-state index contributed by atoms with van der Waals surface area (Å²) in [5.74, 6) is 0.887. The van der Waals surface area contributed by atoms with Crippen LogP contribution in [0.5, 0.6) is 0 Å². The van der Waals surface area contributed by atoms with Gasteiger partial charge in [-0.3, -0.25) is 0 Å². The van der Waals surface area contributed by atoms with Crippen molar-refractivity contribution in [3.63, 3.8) is 0 Å². The first kappa shape index (κ1) is 15.8. The molecule has 114 valence electrons. The third-order valence-electron chi connectivity index (χ3n) is 3.67. The van der Waals surface area contributed by atoms with E-state index in [-0.39, 0.29) is 12.0 Å². The van der Waals surface area contributed by atoms with E-state index >= 15 is 0 Å². The Morgan fingerprint density at radius 1 is 1.52 bits per heavy atom. The smallest absolute Gasteiger partial charge is 0.191 e. The molecule has 5 nitrogen and oxygen atoms in total. The van der Waals surface area contributed by atoms with Gasteiger partial charge in [0.2, 0.25) is 0 Å². The molecule has 0 spiro atoms. The average molecular weight is 305 g/mol. The van der Waals surface area contributed by atoms with E-state index in [9.17, 15) is 0 Å². The molecule has 1 aliphatic carbocycles. The molecule has 1 heterocycles. The normalized spacial score (nSPS) is 22.0. The Hall–Kier alpha value is -1.61. The van der Waals surface area contributed by atoms with Gasteiger partial charge < -0.3 is 10.6 Å². The van der Waals surface area contributed by atoms with Crippen molar-refractivity contribution in [1.29, 1.82) is 5.26 Å². The SMILES string of the molecule is CCNC(=NCc1ncc(CC)s1)NC1CCCC1C#N. The van der Waals surface area contributed by atoms with Gasteiger partial charge in [-0.05, 0) is 32.6 Å². The van der Waals surface area contributed by atoms with Crippen LogP contribution in [0.4, 0.5) is 0 Å². The fraction of sp³-hybridized carbons (Fsp3) is 0.667. The van der Waals surface area contributed by atoms with Gasteiger partial charge in [-0.2, -0.15) is 5.26 Å². The number of nitriles is 1. The van der Waals surface area contributed by atoms with Gasteiger partial charge in [-0.1, -0.05) is 6.92 Å². The van der Waals surface area contributed by atoms with Crippen LogP contribution >= 0.6 is 11.3 Å². The molecule has 0 radical (unpaired) electrons. The number of rotatable bonds is 5. The number of guanidine groups is 1. The second-order valence-corrected chi connectivity index (χ2v) is 6.39. The Kier molecular flexibility index (Phi) is 6.00. The zero-order valence-electron chi connectivity index (χ0n) is 12.7. The molecular weight excluding hydrogens is 282 g/mol. The molecule has 0 bridgehead atoms. The Labute approximate surface area is 130 Å². The van der Waals surface area contributed by atoms with Gasteiger partial charge in [0.15, 0.2) is 5.96 Å². The monoisotopic (exact) mass is 305 g/mol. The highest BCUT2D eigenvalue weighted by Crippen LogP contribution is 2.24. The molecule has 0 aliphatic heterocycles. The van der Waals surface area contributed by atoms with E-state index in [2.05, 4.69) is 33.6 Å². The fourth-order valence-corrected chi connectivity index (χ4v) is 3.30. The molecule has 2 rings (SSSR count). The molecule has 1 fully saturated rings. The van der Waals surface area contributed by atoms with Crippen molar-refractivity contribution in [1.82, 2.24) is 15.6 Å². The molecule has 1 saturated carbocycles. The van der Waals surface area contributed by atoms with Gasteiger partial charge in [0.05, 0.1) is 18.5 Å². The lowest BCUT2D eigenvalue weighted by Crippen LogP contribution is -2.44. The predicted molar refractivity (Wildman–Crippen MR) is 86.2 cm³/mol. The van der Waals surface area contributed by atoms with Crippen LogP contribution in [0, 0.1) is 17.2 Å². The second kappa shape index (κ2) is 7.99. The van der Waals surface area contributed by atoms with Crippen LogP contribution in [0.3, 0.4) is 0 Å². The minimum Gasteiger partial charge on any atom is -0.357 e. The summed E-state index contributed by atoms with van der Waals surface area (Å²) in [5, 5.41) is 16.8. The summed E-state index contributed by atoms with van der Waals surface area (Å²) < 4.78 is 0. The first-order chi connectivity index (χ1) is 10.3. The minimum absolute atomic E-state index is 0.0976. The molecule has 0 aromatic carbocycles. The molecule has 1 aliphatic rings. The lowest BCUT2D eigenvalue weighted by Gasteiger charge is -2.19. The van der Waals surface area contributed by atoms with Crippen LogP contribution < -0.4 is 10.6 Å². The molecular formula is C15H23N5S. The Morgan fingerprint density at radius 2 is 2.38 bits per heavy atom. The zero-order valence-corrected chi connectivity index (χ0v) is 13.5. The minimum atomic E-state index is 0.0976. The molecule has 0 saturated heterocycles. The van der Waals surface area contributed by atoms with Crippen LogP contribution in [-0.4, -0.2) is 23.5 Å². The number of thiazole rings is 1. The van der Waals surface area contributed by atoms with E-state index in [1.807, 2.05) is 13.1 Å². The van der Waals surface area contributed by atoms with E-state index in [1.165, 1.54) is 4.88 Å². The summed E-state index contributed by atoms with van der Waals surface area (Å²) in [5.41, 5.74) is 0. The molecule has 0 amide bonds. The number of nitrogens with one attached hydrogen (secondary N) is 2. The quantitative estimate of drug-likeness (QED) is 0.647. The zero-order chi connectivity index (χ0) is 15.1. The van der Waals surface area contributed by atoms with E-state index < -0.39 is 0 Å². The van der Waals surface area contributed by atoms with Gasteiger partial charge >= 0.3 is 0 Å². The van der Waals surface area contributed by atoms with Crippen LogP contribution in [0.15, 0.2) is 11.2 Å². The Bertz CT molecular complexity index is 516. The van der Waals surface area contributed by atoms with Gasteiger partial charge in [0, 0.05) is 23.7 Å². The summed E-state index contributed by atoms with van der Waals surface area (Å²) in [4.78, 5) is 10.3. The highest BCUT2D eigenvalue weighted by molar-refractivity contribution is 7.11. The van der Waals surface area contributed by atoms with E-state index in [1.54, 1.807) is 11.3 Å². The molecule has 2 atom stereocenters. The third kappa shape index (κ3) is 4.43. The summed E-state index contributed by atoms with van der Waals surface area (Å²) in [6.45, 7) is 5.58. The molecule has 21 heavy (non-hydrogen) atoms. The van der Waals surface area contributed by atoms with Crippen molar-refractivity contribution in [2.75, 3.05) is 6.54 Å². The summed E-state index contributed by atoms with van der Waals surface area (Å²) in [7, 11) is 0. The first-order valence-electron chi connectivity index (χ1n) is 7.64. The van der Waals surface area contributed by atoms with Crippen molar-refractivity contribution >= 4 is 17.3 Å². The number of hydrogen-bond donors (Lipinski definition) is 2. The van der Waals surface area contributed by atoms with Crippen LogP contribution in [0.25, 0.3) is 0 Å². The predicted octanol–water partition coefficient (Wildman–Crippen LogP) is 2.45. The van der Waals surface area contributed by atoms with Crippen LogP contribution in [0.2, 0.25) is 0 Å². The van der Waals surface area contributed by atoms with Gasteiger partial charge in [-0.25, -0.2) is 9.98 Å². The maximum atomic E-state index is 9.16. The first-order valence-corrected chi connectivity index (χ1v) is 8.46. The van der Waals surface area contributed by atoms with Crippen molar-refractivity contribution in [3.8, 4) is 6.07 Å². The van der Waals surface area contributed by atoms with Crippen LogP contribution in [-0.2, 0) is 13.0 Å². The number of aryl methyl sites for hydroxylation is 1. The number of hydrogen-bond acceptors (Lipinski definition) is 4. The molecule has 2 N–H and O–H groups in total.